The van der Waals surface area contributed by atoms with E-state index in [1.165, 1.54) is 4.31 Å². The number of halogens is 2. The van der Waals surface area contributed by atoms with Crippen LogP contribution < -0.4 is 5.73 Å². The molecule has 0 radical (unpaired) electrons. The summed E-state index contributed by atoms with van der Waals surface area (Å²) in [5, 5.41) is 0.645. The Bertz CT molecular complexity index is 590. The van der Waals surface area contributed by atoms with Gasteiger partial charge in [-0.15, -0.1) is 0 Å². The third-order valence-corrected chi connectivity index (χ3v) is 6.40. The molecule has 0 spiro atoms. The van der Waals surface area contributed by atoms with Crippen molar-refractivity contribution in [2.75, 3.05) is 13.1 Å². The number of hydrogen-bond acceptors (Lipinski definition) is 3. The Morgan fingerprint density at radius 1 is 1.37 bits per heavy atom. The first kappa shape index (κ1) is 15.1. The van der Waals surface area contributed by atoms with Crippen LogP contribution in [0.3, 0.4) is 0 Å². The molecule has 2 rings (SSSR count). The van der Waals surface area contributed by atoms with Gasteiger partial charge in [0.2, 0.25) is 10.0 Å². The second-order valence-corrected chi connectivity index (χ2v) is 7.52. The third-order valence-electron chi connectivity index (χ3n) is 3.37. The molecule has 0 amide bonds. The van der Waals surface area contributed by atoms with Crippen LogP contribution >= 0.6 is 23.2 Å². The molecule has 7 heteroatoms. The first-order valence-electron chi connectivity index (χ1n) is 5.96. The molecule has 1 atom stereocenters. The fourth-order valence-electron chi connectivity index (χ4n) is 2.22. The van der Waals surface area contributed by atoms with E-state index in [0.717, 1.165) is 0 Å². The maximum Gasteiger partial charge on any atom is 0.244 e. The molecular weight excluding hydrogens is 307 g/mol. The van der Waals surface area contributed by atoms with Crippen LogP contribution in [0.15, 0.2) is 11.0 Å². The summed E-state index contributed by atoms with van der Waals surface area (Å²) in [6.45, 7) is 4.15. The molecule has 1 saturated heterocycles. The Hall–Kier alpha value is -0.330. The molecule has 4 nitrogen and oxygen atoms in total. The quantitative estimate of drug-likeness (QED) is 0.908. The van der Waals surface area contributed by atoms with Gasteiger partial charge in [-0.1, -0.05) is 23.2 Å². The monoisotopic (exact) mass is 322 g/mol. The minimum Gasteiger partial charge on any atom is -0.326 e. The van der Waals surface area contributed by atoms with E-state index in [9.17, 15) is 8.42 Å². The molecular formula is C12H16Cl2N2O2S. The number of nitrogens with zero attached hydrogens (tertiary/aromatic N) is 1. The standard InChI is InChI=1S/C12H16Cl2N2O2S/c1-7-5-10(13)8(2)12(11(7)14)19(17,18)16-4-3-9(15)6-16/h5,9H,3-4,6,15H2,1-2H3/t9-/m1/s1. The van der Waals surface area contributed by atoms with Gasteiger partial charge in [0.05, 0.1) is 5.02 Å². The summed E-state index contributed by atoms with van der Waals surface area (Å²) < 4.78 is 26.7. The van der Waals surface area contributed by atoms with Crippen LogP contribution in [0.5, 0.6) is 0 Å². The number of rotatable bonds is 2. The van der Waals surface area contributed by atoms with E-state index in [0.29, 0.717) is 35.7 Å². The summed E-state index contributed by atoms with van der Waals surface area (Å²) in [7, 11) is -3.64. The van der Waals surface area contributed by atoms with E-state index < -0.39 is 10.0 Å². The van der Waals surface area contributed by atoms with Crippen LogP contribution in [-0.4, -0.2) is 31.9 Å². The topological polar surface area (TPSA) is 63.4 Å². The first-order valence-corrected chi connectivity index (χ1v) is 8.15. The van der Waals surface area contributed by atoms with Gasteiger partial charge in [-0.3, -0.25) is 0 Å². The average molecular weight is 323 g/mol. The zero-order valence-corrected chi connectivity index (χ0v) is 13.1. The summed E-state index contributed by atoms with van der Waals surface area (Å²) in [5.41, 5.74) is 6.91. The van der Waals surface area contributed by atoms with Gasteiger partial charge in [-0.05, 0) is 37.5 Å². The summed E-state index contributed by atoms with van der Waals surface area (Å²) in [6, 6.07) is 1.56. The minimum atomic E-state index is -3.64. The van der Waals surface area contributed by atoms with Gasteiger partial charge < -0.3 is 5.73 Å². The lowest BCUT2D eigenvalue weighted by Crippen LogP contribution is -2.32. The van der Waals surface area contributed by atoms with Crippen molar-refractivity contribution < 1.29 is 8.42 Å². The molecule has 1 aromatic rings. The van der Waals surface area contributed by atoms with Crippen LogP contribution in [0, 0.1) is 13.8 Å². The summed E-state index contributed by atoms with van der Waals surface area (Å²) in [5.74, 6) is 0. The summed E-state index contributed by atoms with van der Waals surface area (Å²) in [4.78, 5) is 0.105. The molecule has 1 aromatic carbocycles. The summed E-state index contributed by atoms with van der Waals surface area (Å²) in [6.07, 6.45) is 0.662. The van der Waals surface area contributed by atoms with Crippen molar-refractivity contribution in [1.82, 2.24) is 4.31 Å². The Morgan fingerprint density at radius 2 is 2.00 bits per heavy atom. The van der Waals surface area contributed by atoms with Gasteiger partial charge in [-0.25, -0.2) is 8.42 Å². The van der Waals surface area contributed by atoms with Crippen LogP contribution in [-0.2, 0) is 10.0 Å². The minimum absolute atomic E-state index is 0.105. The zero-order valence-electron chi connectivity index (χ0n) is 10.8. The SMILES string of the molecule is Cc1cc(Cl)c(C)c(S(=O)(=O)N2CC[C@@H](N)C2)c1Cl. The van der Waals surface area contributed by atoms with Crippen LogP contribution in [0.4, 0.5) is 0 Å². The number of sulfonamides is 1. The van der Waals surface area contributed by atoms with Gasteiger partial charge in [0, 0.05) is 24.2 Å². The van der Waals surface area contributed by atoms with Crippen molar-refractivity contribution in [1.29, 1.82) is 0 Å². The highest BCUT2D eigenvalue weighted by Gasteiger charge is 2.34. The van der Waals surface area contributed by atoms with Crippen LogP contribution in [0.2, 0.25) is 10.0 Å². The van der Waals surface area contributed by atoms with Crippen molar-refractivity contribution in [2.24, 2.45) is 5.73 Å². The van der Waals surface area contributed by atoms with Gasteiger partial charge in [-0.2, -0.15) is 4.31 Å². The molecule has 0 bridgehead atoms. The predicted octanol–water partition coefficient (Wildman–Crippen LogP) is 2.33. The first-order chi connectivity index (χ1) is 8.75. The number of benzene rings is 1. The number of nitrogens with two attached hydrogens (primary N) is 1. The van der Waals surface area contributed by atoms with Gasteiger partial charge in [0.15, 0.2) is 0 Å². The van der Waals surface area contributed by atoms with E-state index in [1.807, 2.05) is 0 Å². The molecule has 0 unspecified atom stereocenters. The fourth-order valence-corrected chi connectivity index (χ4v) is 4.90. The summed E-state index contributed by atoms with van der Waals surface area (Å²) >= 11 is 12.2. The van der Waals surface area contributed by atoms with Gasteiger partial charge in [0.1, 0.15) is 4.90 Å². The lowest BCUT2D eigenvalue weighted by Gasteiger charge is -2.20. The Morgan fingerprint density at radius 3 is 2.53 bits per heavy atom. The van der Waals surface area contributed by atoms with Crippen molar-refractivity contribution >= 4 is 33.2 Å². The third kappa shape index (κ3) is 2.62. The molecule has 1 heterocycles. The normalized spacial score (nSPS) is 21.0. The van der Waals surface area contributed by atoms with Crippen molar-refractivity contribution in [3.05, 3.63) is 27.2 Å². The fraction of sp³-hybridized carbons (Fsp3) is 0.500. The van der Waals surface area contributed by atoms with Gasteiger partial charge >= 0.3 is 0 Å². The number of aryl methyl sites for hydroxylation is 1. The van der Waals surface area contributed by atoms with E-state index >= 15 is 0 Å². The maximum absolute atomic E-state index is 12.7. The second kappa shape index (κ2) is 5.22. The van der Waals surface area contributed by atoms with Crippen molar-refractivity contribution in [3.63, 3.8) is 0 Å². The van der Waals surface area contributed by atoms with E-state index in [4.69, 9.17) is 28.9 Å². The zero-order chi connectivity index (χ0) is 14.4. The molecule has 0 aromatic heterocycles. The lowest BCUT2D eigenvalue weighted by atomic mass is 10.2. The number of hydrogen-bond donors (Lipinski definition) is 1. The predicted molar refractivity (Wildman–Crippen MR) is 77.3 cm³/mol. The molecule has 0 aliphatic carbocycles. The highest BCUT2D eigenvalue weighted by molar-refractivity contribution is 7.89. The molecule has 19 heavy (non-hydrogen) atoms. The Kier molecular flexibility index (Phi) is 4.14. The Balaban J connectivity index is 2.58. The molecule has 1 fully saturated rings. The van der Waals surface area contributed by atoms with E-state index in [2.05, 4.69) is 0 Å². The van der Waals surface area contributed by atoms with Gasteiger partial charge in [0.25, 0.3) is 0 Å². The molecule has 106 valence electrons. The average Bonchev–Trinajstić information content (AvgIpc) is 2.74. The molecule has 1 aliphatic heterocycles. The molecule has 2 N–H and O–H groups in total. The Labute approximate surface area is 123 Å². The van der Waals surface area contributed by atoms with Crippen LogP contribution in [0.1, 0.15) is 17.5 Å². The highest BCUT2D eigenvalue weighted by Crippen LogP contribution is 2.35. The largest absolute Gasteiger partial charge is 0.326 e. The molecule has 1 aliphatic rings. The lowest BCUT2D eigenvalue weighted by molar-refractivity contribution is 0.472. The van der Waals surface area contributed by atoms with Crippen molar-refractivity contribution in [3.8, 4) is 0 Å². The smallest absolute Gasteiger partial charge is 0.244 e. The van der Waals surface area contributed by atoms with Crippen molar-refractivity contribution in [2.45, 2.75) is 31.2 Å². The van der Waals surface area contributed by atoms with E-state index in [1.54, 1.807) is 19.9 Å². The van der Waals surface area contributed by atoms with Crippen LogP contribution in [0.25, 0.3) is 0 Å². The highest BCUT2D eigenvalue weighted by atomic mass is 35.5. The second-order valence-electron chi connectivity index (χ2n) is 4.86. The maximum atomic E-state index is 12.7. The molecule has 0 saturated carbocycles. The van der Waals surface area contributed by atoms with E-state index in [-0.39, 0.29) is 16.0 Å².